The number of aliphatic hydroxyl groups is 1. The standard InChI is InChI=1S/C14H16FNO2S/c1-2-18-13-6-5-10(8-11(13)15)16-9-12(17)14-4-3-7-19-14/h3-8,12,16-17H,2,9H2,1H3. The van der Waals surface area contributed by atoms with Crippen LogP contribution in [0.15, 0.2) is 35.7 Å². The Kier molecular flexibility index (Phi) is 4.76. The van der Waals surface area contributed by atoms with Gasteiger partial charge >= 0.3 is 0 Å². The molecule has 0 amide bonds. The molecule has 0 aliphatic heterocycles. The molecule has 0 spiro atoms. The van der Waals surface area contributed by atoms with Crippen molar-refractivity contribution in [3.8, 4) is 5.75 Å². The van der Waals surface area contributed by atoms with Crippen molar-refractivity contribution >= 4 is 17.0 Å². The molecule has 1 aromatic heterocycles. The van der Waals surface area contributed by atoms with Crippen molar-refractivity contribution in [2.45, 2.75) is 13.0 Å². The van der Waals surface area contributed by atoms with Gasteiger partial charge in [0.2, 0.25) is 0 Å². The molecule has 1 unspecified atom stereocenters. The summed E-state index contributed by atoms with van der Waals surface area (Å²) < 4.78 is 18.7. The van der Waals surface area contributed by atoms with E-state index in [0.29, 0.717) is 18.8 Å². The third kappa shape index (κ3) is 3.68. The highest BCUT2D eigenvalue weighted by Gasteiger charge is 2.09. The van der Waals surface area contributed by atoms with Crippen LogP contribution in [-0.2, 0) is 0 Å². The summed E-state index contributed by atoms with van der Waals surface area (Å²) in [4.78, 5) is 0.888. The van der Waals surface area contributed by atoms with Gasteiger partial charge in [0.05, 0.1) is 6.61 Å². The summed E-state index contributed by atoms with van der Waals surface area (Å²) >= 11 is 1.49. The summed E-state index contributed by atoms with van der Waals surface area (Å²) in [6.45, 7) is 2.58. The Balaban J connectivity index is 1.94. The minimum atomic E-state index is -0.588. The molecule has 1 atom stereocenters. The molecule has 0 saturated carbocycles. The van der Waals surface area contributed by atoms with Crippen molar-refractivity contribution in [3.63, 3.8) is 0 Å². The smallest absolute Gasteiger partial charge is 0.167 e. The molecule has 2 rings (SSSR count). The molecule has 0 fully saturated rings. The summed E-state index contributed by atoms with van der Waals surface area (Å²) in [5.41, 5.74) is 0.622. The van der Waals surface area contributed by atoms with Gasteiger partial charge in [-0.05, 0) is 30.5 Å². The Hall–Kier alpha value is -1.59. The SMILES string of the molecule is CCOc1ccc(NCC(O)c2cccs2)cc1F. The highest BCUT2D eigenvalue weighted by atomic mass is 32.1. The second-order valence-corrected chi connectivity index (χ2v) is 4.97. The zero-order chi connectivity index (χ0) is 13.7. The van der Waals surface area contributed by atoms with E-state index >= 15 is 0 Å². The van der Waals surface area contributed by atoms with Crippen LogP contribution in [-0.4, -0.2) is 18.3 Å². The second kappa shape index (κ2) is 6.54. The molecule has 5 heteroatoms. The molecule has 0 bridgehead atoms. The van der Waals surface area contributed by atoms with Crippen LogP contribution in [0.3, 0.4) is 0 Å². The molecular weight excluding hydrogens is 265 g/mol. The van der Waals surface area contributed by atoms with E-state index < -0.39 is 11.9 Å². The molecule has 0 aliphatic carbocycles. The van der Waals surface area contributed by atoms with Gasteiger partial charge in [-0.1, -0.05) is 6.07 Å². The zero-order valence-electron chi connectivity index (χ0n) is 10.6. The van der Waals surface area contributed by atoms with Crippen LogP contribution >= 0.6 is 11.3 Å². The van der Waals surface area contributed by atoms with Crippen molar-refractivity contribution in [2.75, 3.05) is 18.5 Å². The second-order valence-electron chi connectivity index (χ2n) is 3.99. The Morgan fingerprint density at radius 3 is 2.89 bits per heavy atom. The molecule has 0 saturated heterocycles. The van der Waals surface area contributed by atoms with Crippen molar-refractivity contribution in [1.82, 2.24) is 0 Å². The molecular formula is C14H16FNO2S. The summed E-state index contributed by atoms with van der Waals surface area (Å²) in [6.07, 6.45) is -0.588. The van der Waals surface area contributed by atoms with Gasteiger partial charge in [-0.2, -0.15) is 0 Å². The quantitative estimate of drug-likeness (QED) is 0.852. The lowest BCUT2D eigenvalue weighted by molar-refractivity contribution is 0.195. The lowest BCUT2D eigenvalue weighted by atomic mass is 10.2. The van der Waals surface area contributed by atoms with Crippen molar-refractivity contribution in [3.05, 3.63) is 46.4 Å². The van der Waals surface area contributed by atoms with Crippen LogP contribution in [0.4, 0.5) is 10.1 Å². The monoisotopic (exact) mass is 281 g/mol. The van der Waals surface area contributed by atoms with E-state index in [9.17, 15) is 9.50 Å². The van der Waals surface area contributed by atoms with Crippen molar-refractivity contribution in [1.29, 1.82) is 0 Å². The molecule has 19 heavy (non-hydrogen) atoms. The van der Waals surface area contributed by atoms with Crippen LogP contribution < -0.4 is 10.1 Å². The highest BCUT2D eigenvalue weighted by Crippen LogP contribution is 2.23. The van der Waals surface area contributed by atoms with Crippen LogP contribution in [0.2, 0.25) is 0 Å². The third-order valence-electron chi connectivity index (χ3n) is 2.60. The molecule has 3 nitrogen and oxygen atoms in total. The van der Waals surface area contributed by atoms with Crippen LogP contribution in [0.5, 0.6) is 5.75 Å². The Labute approximate surface area is 115 Å². The number of hydrogen-bond acceptors (Lipinski definition) is 4. The van der Waals surface area contributed by atoms with E-state index in [-0.39, 0.29) is 5.75 Å². The first-order valence-corrected chi connectivity index (χ1v) is 6.96. The van der Waals surface area contributed by atoms with Gasteiger partial charge in [0.25, 0.3) is 0 Å². The first-order chi connectivity index (χ1) is 9.20. The van der Waals surface area contributed by atoms with Gasteiger partial charge < -0.3 is 15.2 Å². The summed E-state index contributed by atoms with van der Waals surface area (Å²) in [5.74, 6) is -0.163. The first kappa shape index (κ1) is 13.8. The van der Waals surface area contributed by atoms with E-state index in [1.807, 2.05) is 24.4 Å². The minimum Gasteiger partial charge on any atom is -0.491 e. The third-order valence-corrected chi connectivity index (χ3v) is 3.58. The summed E-state index contributed by atoms with van der Waals surface area (Å²) in [5, 5.41) is 14.8. The van der Waals surface area contributed by atoms with E-state index in [0.717, 1.165) is 4.88 Å². The van der Waals surface area contributed by atoms with E-state index in [4.69, 9.17) is 4.74 Å². The average Bonchev–Trinajstić information content (AvgIpc) is 2.93. The fourth-order valence-electron chi connectivity index (χ4n) is 1.68. The topological polar surface area (TPSA) is 41.5 Å². The number of rotatable bonds is 6. The molecule has 1 heterocycles. The zero-order valence-corrected chi connectivity index (χ0v) is 11.4. The van der Waals surface area contributed by atoms with Crippen molar-refractivity contribution < 1.29 is 14.2 Å². The van der Waals surface area contributed by atoms with Crippen LogP contribution in [0.25, 0.3) is 0 Å². The number of anilines is 1. The number of halogens is 1. The Bertz CT molecular complexity index is 516. The van der Waals surface area contributed by atoms with Gasteiger partial charge in [0.15, 0.2) is 11.6 Å². The molecule has 0 radical (unpaired) electrons. The highest BCUT2D eigenvalue weighted by molar-refractivity contribution is 7.10. The fourth-order valence-corrected chi connectivity index (χ4v) is 2.39. The molecule has 2 aromatic rings. The normalized spacial score (nSPS) is 12.2. The number of hydrogen-bond donors (Lipinski definition) is 2. The predicted octanol–water partition coefficient (Wildman–Crippen LogP) is 3.43. The molecule has 2 N–H and O–H groups in total. The van der Waals surface area contributed by atoms with E-state index in [2.05, 4.69) is 5.32 Å². The predicted molar refractivity (Wildman–Crippen MR) is 75.3 cm³/mol. The van der Waals surface area contributed by atoms with Crippen molar-refractivity contribution in [2.24, 2.45) is 0 Å². The molecule has 102 valence electrons. The lowest BCUT2D eigenvalue weighted by Gasteiger charge is -2.12. The van der Waals surface area contributed by atoms with Crippen LogP contribution in [0, 0.1) is 5.82 Å². The fraction of sp³-hybridized carbons (Fsp3) is 0.286. The maximum absolute atomic E-state index is 13.6. The van der Waals surface area contributed by atoms with Gasteiger partial charge in [0.1, 0.15) is 6.10 Å². The molecule has 0 aliphatic rings. The summed E-state index contributed by atoms with van der Waals surface area (Å²) in [7, 11) is 0. The summed E-state index contributed by atoms with van der Waals surface area (Å²) in [6, 6.07) is 8.44. The van der Waals surface area contributed by atoms with Crippen LogP contribution in [0.1, 0.15) is 17.9 Å². The maximum atomic E-state index is 13.6. The number of benzene rings is 1. The largest absolute Gasteiger partial charge is 0.491 e. The number of aliphatic hydroxyl groups excluding tert-OH is 1. The maximum Gasteiger partial charge on any atom is 0.167 e. The van der Waals surface area contributed by atoms with E-state index in [1.54, 1.807) is 12.1 Å². The average molecular weight is 281 g/mol. The van der Waals surface area contributed by atoms with Gasteiger partial charge in [-0.25, -0.2) is 4.39 Å². The minimum absolute atomic E-state index is 0.242. The van der Waals surface area contributed by atoms with E-state index in [1.165, 1.54) is 17.4 Å². The Morgan fingerprint density at radius 2 is 2.26 bits per heavy atom. The lowest BCUT2D eigenvalue weighted by Crippen LogP contribution is -2.11. The molecule has 1 aromatic carbocycles. The Morgan fingerprint density at radius 1 is 1.42 bits per heavy atom. The van der Waals surface area contributed by atoms with Gasteiger partial charge in [-0.15, -0.1) is 11.3 Å². The number of thiophene rings is 1. The van der Waals surface area contributed by atoms with Gasteiger partial charge in [-0.3, -0.25) is 0 Å². The van der Waals surface area contributed by atoms with Gasteiger partial charge in [0, 0.05) is 23.2 Å². The number of nitrogens with one attached hydrogen (secondary N) is 1. The number of ether oxygens (including phenoxy) is 1. The first-order valence-electron chi connectivity index (χ1n) is 6.08.